The molecule has 0 heterocycles. The molecule has 0 saturated heterocycles. The Morgan fingerprint density at radius 2 is 1.95 bits per heavy atom. The predicted octanol–water partition coefficient (Wildman–Crippen LogP) is 2.27. The van der Waals surface area contributed by atoms with Crippen LogP contribution in [-0.4, -0.2) is 36.6 Å². The van der Waals surface area contributed by atoms with Gasteiger partial charge in [-0.3, -0.25) is 4.79 Å². The SMILES string of the molecule is COCC(N)C(=O)N(Cc1ccc(C(C)C)cc1)C1CC1. The molecule has 1 aliphatic carbocycles. The third kappa shape index (κ3) is 4.29. The zero-order valence-corrected chi connectivity index (χ0v) is 13.2. The fraction of sp³-hybridized carbons (Fsp3) is 0.588. The molecule has 0 spiro atoms. The smallest absolute Gasteiger partial charge is 0.242 e. The van der Waals surface area contributed by atoms with Gasteiger partial charge in [0.2, 0.25) is 5.91 Å². The van der Waals surface area contributed by atoms with Gasteiger partial charge in [0.1, 0.15) is 6.04 Å². The van der Waals surface area contributed by atoms with Gasteiger partial charge in [-0.2, -0.15) is 0 Å². The number of ether oxygens (including phenoxy) is 1. The van der Waals surface area contributed by atoms with Crippen LogP contribution in [-0.2, 0) is 16.1 Å². The zero-order chi connectivity index (χ0) is 15.4. The molecule has 1 saturated carbocycles. The Morgan fingerprint density at radius 3 is 2.43 bits per heavy atom. The summed E-state index contributed by atoms with van der Waals surface area (Å²) in [7, 11) is 1.57. The second-order valence-electron chi connectivity index (χ2n) is 6.16. The van der Waals surface area contributed by atoms with E-state index < -0.39 is 6.04 Å². The van der Waals surface area contributed by atoms with E-state index in [0.29, 0.717) is 18.5 Å². The summed E-state index contributed by atoms with van der Waals surface area (Å²) in [6, 6.07) is 8.30. The summed E-state index contributed by atoms with van der Waals surface area (Å²) in [5.74, 6) is 0.516. The Bertz CT molecular complexity index is 466. The number of carbonyl (C=O) groups excluding carboxylic acids is 1. The van der Waals surface area contributed by atoms with Crippen molar-refractivity contribution < 1.29 is 9.53 Å². The van der Waals surface area contributed by atoms with Gasteiger partial charge in [0.25, 0.3) is 0 Å². The van der Waals surface area contributed by atoms with E-state index in [1.165, 1.54) is 5.56 Å². The lowest BCUT2D eigenvalue weighted by Crippen LogP contribution is -2.46. The minimum atomic E-state index is -0.564. The van der Waals surface area contributed by atoms with Crippen LogP contribution in [0.15, 0.2) is 24.3 Å². The Kier molecular flexibility index (Phi) is 5.37. The number of hydrogen-bond acceptors (Lipinski definition) is 3. The van der Waals surface area contributed by atoms with Crippen molar-refractivity contribution in [3.8, 4) is 0 Å². The molecular weight excluding hydrogens is 264 g/mol. The maximum atomic E-state index is 12.4. The van der Waals surface area contributed by atoms with Gasteiger partial charge in [-0.05, 0) is 29.9 Å². The van der Waals surface area contributed by atoms with Crippen LogP contribution in [0.1, 0.15) is 43.7 Å². The summed E-state index contributed by atoms with van der Waals surface area (Å²) in [6.45, 7) is 5.27. The first-order chi connectivity index (χ1) is 10.0. The molecule has 4 heteroatoms. The highest BCUT2D eigenvalue weighted by molar-refractivity contribution is 5.82. The van der Waals surface area contributed by atoms with E-state index >= 15 is 0 Å². The van der Waals surface area contributed by atoms with Crippen molar-refractivity contribution in [2.24, 2.45) is 5.73 Å². The summed E-state index contributed by atoms with van der Waals surface area (Å²) < 4.78 is 4.99. The molecule has 2 N–H and O–H groups in total. The third-order valence-electron chi connectivity index (χ3n) is 3.93. The molecule has 0 radical (unpaired) electrons. The molecule has 1 aliphatic rings. The van der Waals surface area contributed by atoms with Crippen molar-refractivity contribution in [1.29, 1.82) is 0 Å². The van der Waals surface area contributed by atoms with Crippen LogP contribution in [0.5, 0.6) is 0 Å². The number of methoxy groups -OCH3 is 1. The van der Waals surface area contributed by atoms with Crippen LogP contribution in [0.25, 0.3) is 0 Å². The Balaban J connectivity index is 2.04. The third-order valence-corrected chi connectivity index (χ3v) is 3.93. The summed E-state index contributed by atoms with van der Waals surface area (Å²) in [4.78, 5) is 14.3. The summed E-state index contributed by atoms with van der Waals surface area (Å²) >= 11 is 0. The quantitative estimate of drug-likeness (QED) is 0.838. The molecule has 1 unspecified atom stereocenters. The zero-order valence-electron chi connectivity index (χ0n) is 13.2. The van der Waals surface area contributed by atoms with Gasteiger partial charge in [0.15, 0.2) is 0 Å². The largest absolute Gasteiger partial charge is 0.383 e. The van der Waals surface area contributed by atoms with E-state index in [-0.39, 0.29) is 12.5 Å². The van der Waals surface area contributed by atoms with Gasteiger partial charge in [-0.25, -0.2) is 0 Å². The number of carbonyl (C=O) groups is 1. The van der Waals surface area contributed by atoms with Gasteiger partial charge in [0, 0.05) is 19.7 Å². The minimum absolute atomic E-state index is 0.00714. The predicted molar refractivity (Wildman–Crippen MR) is 84.0 cm³/mol. The van der Waals surface area contributed by atoms with E-state index in [4.69, 9.17) is 10.5 Å². The van der Waals surface area contributed by atoms with Crippen LogP contribution >= 0.6 is 0 Å². The lowest BCUT2D eigenvalue weighted by molar-refractivity contribution is -0.135. The standard InChI is InChI=1S/C17H26N2O2/c1-12(2)14-6-4-13(5-7-14)10-19(15-8-9-15)17(20)16(18)11-21-3/h4-7,12,15-16H,8-11,18H2,1-3H3. The minimum Gasteiger partial charge on any atom is -0.383 e. The van der Waals surface area contributed by atoms with Crippen molar-refractivity contribution in [2.75, 3.05) is 13.7 Å². The van der Waals surface area contributed by atoms with Crippen LogP contribution < -0.4 is 5.73 Å². The molecule has 21 heavy (non-hydrogen) atoms. The average Bonchev–Trinajstić information content (AvgIpc) is 3.29. The number of nitrogens with zero attached hydrogens (tertiary/aromatic N) is 1. The van der Waals surface area contributed by atoms with Crippen molar-refractivity contribution >= 4 is 5.91 Å². The molecule has 1 atom stereocenters. The first-order valence-electron chi connectivity index (χ1n) is 7.66. The van der Waals surface area contributed by atoms with Crippen LogP contribution in [0.3, 0.4) is 0 Å². The Morgan fingerprint density at radius 1 is 1.33 bits per heavy atom. The summed E-state index contributed by atoms with van der Waals surface area (Å²) in [5, 5.41) is 0. The number of hydrogen-bond donors (Lipinski definition) is 1. The van der Waals surface area contributed by atoms with E-state index in [0.717, 1.165) is 18.4 Å². The molecule has 4 nitrogen and oxygen atoms in total. The second-order valence-corrected chi connectivity index (χ2v) is 6.16. The molecule has 2 rings (SSSR count). The molecule has 1 amide bonds. The lowest BCUT2D eigenvalue weighted by atomic mass is 10.0. The first-order valence-corrected chi connectivity index (χ1v) is 7.66. The maximum Gasteiger partial charge on any atom is 0.242 e. The van der Waals surface area contributed by atoms with E-state index in [2.05, 4.69) is 38.1 Å². The first kappa shape index (κ1) is 16.0. The van der Waals surface area contributed by atoms with Crippen molar-refractivity contribution in [2.45, 2.75) is 51.2 Å². The topological polar surface area (TPSA) is 55.6 Å². The average molecular weight is 290 g/mol. The highest BCUT2D eigenvalue weighted by Gasteiger charge is 2.34. The van der Waals surface area contributed by atoms with Crippen LogP contribution in [0.4, 0.5) is 0 Å². The van der Waals surface area contributed by atoms with Crippen LogP contribution in [0.2, 0.25) is 0 Å². The molecule has 1 fully saturated rings. The van der Waals surface area contributed by atoms with Crippen molar-refractivity contribution in [3.63, 3.8) is 0 Å². The number of benzene rings is 1. The van der Waals surface area contributed by atoms with Crippen molar-refractivity contribution in [1.82, 2.24) is 4.90 Å². The summed E-state index contributed by atoms with van der Waals surface area (Å²) in [5.41, 5.74) is 8.37. The molecule has 1 aromatic rings. The molecule has 0 aromatic heterocycles. The molecule has 0 aliphatic heterocycles. The monoisotopic (exact) mass is 290 g/mol. The van der Waals surface area contributed by atoms with E-state index in [9.17, 15) is 4.79 Å². The molecular formula is C17H26N2O2. The lowest BCUT2D eigenvalue weighted by Gasteiger charge is -2.25. The number of nitrogens with two attached hydrogens (primary N) is 1. The maximum absolute atomic E-state index is 12.4. The van der Waals surface area contributed by atoms with E-state index in [1.807, 2.05) is 4.90 Å². The van der Waals surface area contributed by atoms with Gasteiger partial charge >= 0.3 is 0 Å². The molecule has 1 aromatic carbocycles. The Labute approximate surface area is 127 Å². The van der Waals surface area contributed by atoms with Crippen molar-refractivity contribution in [3.05, 3.63) is 35.4 Å². The number of amides is 1. The van der Waals surface area contributed by atoms with E-state index in [1.54, 1.807) is 7.11 Å². The highest BCUT2D eigenvalue weighted by atomic mass is 16.5. The van der Waals surface area contributed by atoms with Gasteiger partial charge in [-0.1, -0.05) is 38.1 Å². The van der Waals surface area contributed by atoms with Crippen LogP contribution in [0, 0.1) is 0 Å². The second kappa shape index (κ2) is 7.05. The highest BCUT2D eigenvalue weighted by Crippen LogP contribution is 2.29. The fourth-order valence-corrected chi connectivity index (χ4v) is 2.44. The van der Waals surface area contributed by atoms with Gasteiger partial charge < -0.3 is 15.4 Å². The fourth-order valence-electron chi connectivity index (χ4n) is 2.44. The summed E-state index contributed by atoms with van der Waals surface area (Å²) in [6.07, 6.45) is 2.16. The molecule has 116 valence electrons. The normalized spacial score (nSPS) is 16.0. The Hall–Kier alpha value is -1.39. The number of rotatable bonds is 7. The van der Waals surface area contributed by atoms with Gasteiger partial charge in [0.05, 0.1) is 6.61 Å². The molecule has 0 bridgehead atoms. The van der Waals surface area contributed by atoms with Gasteiger partial charge in [-0.15, -0.1) is 0 Å².